The third-order valence-electron chi connectivity index (χ3n) is 2.02. The molecule has 0 bridgehead atoms. The quantitative estimate of drug-likeness (QED) is 0.778. The molecule has 0 saturated carbocycles. The highest BCUT2D eigenvalue weighted by Crippen LogP contribution is 2.10. The van der Waals surface area contributed by atoms with Gasteiger partial charge in [-0.25, -0.2) is 14.0 Å². The summed E-state index contributed by atoms with van der Waals surface area (Å²) in [5, 5.41) is 6.98. The molecule has 0 aliphatic rings. The number of likely N-dealkylation sites (N-methyl/N-ethyl adjacent to an activating group) is 1. The van der Waals surface area contributed by atoms with Crippen LogP contribution >= 0.6 is 0 Å². The number of hydrogen-bond donors (Lipinski definition) is 1. The summed E-state index contributed by atoms with van der Waals surface area (Å²) in [5.74, 6) is 0. The molecule has 1 aromatic heterocycles. The van der Waals surface area contributed by atoms with Gasteiger partial charge in [0.2, 0.25) is 0 Å². The summed E-state index contributed by atoms with van der Waals surface area (Å²) in [4.78, 5) is 11.6. The maximum Gasteiger partial charge on any atom is 0.348 e. The van der Waals surface area contributed by atoms with E-state index in [1.54, 1.807) is 7.05 Å². The van der Waals surface area contributed by atoms with Crippen molar-refractivity contribution in [2.45, 2.75) is 33.7 Å². The summed E-state index contributed by atoms with van der Waals surface area (Å²) in [5.41, 5.74) is -0.149. The minimum atomic E-state index is -0.149. The number of nitrogens with zero attached hydrogens (tertiary/aromatic N) is 3. The van der Waals surface area contributed by atoms with E-state index in [9.17, 15) is 4.79 Å². The van der Waals surface area contributed by atoms with Gasteiger partial charge in [0.1, 0.15) is 6.61 Å². The van der Waals surface area contributed by atoms with E-state index in [4.69, 9.17) is 4.74 Å². The Labute approximate surface area is 103 Å². The van der Waals surface area contributed by atoms with Gasteiger partial charge in [-0.15, -0.1) is 5.10 Å². The minimum absolute atomic E-state index is 0.0517. The summed E-state index contributed by atoms with van der Waals surface area (Å²) in [6.45, 7) is 9.07. The first-order valence-corrected chi connectivity index (χ1v) is 6.01. The van der Waals surface area contributed by atoms with Crippen LogP contribution in [0.25, 0.3) is 0 Å². The van der Waals surface area contributed by atoms with E-state index >= 15 is 0 Å². The van der Waals surface area contributed by atoms with E-state index in [0.717, 1.165) is 6.54 Å². The van der Waals surface area contributed by atoms with Crippen LogP contribution in [-0.4, -0.2) is 34.5 Å². The highest BCUT2D eigenvalue weighted by atomic mass is 16.5. The lowest BCUT2D eigenvalue weighted by atomic mass is 10.4. The lowest BCUT2D eigenvalue weighted by Gasteiger charge is -2.09. The summed E-state index contributed by atoms with van der Waals surface area (Å²) in [7, 11) is 3.46. The van der Waals surface area contributed by atoms with Crippen molar-refractivity contribution in [1.29, 1.82) is 0 Å². The van der Waals surface area contributed by atoms with Crippen molar-refractivity contribution in [2.24, 2.45) is 7.05 Å². The molecule has 0 fully saturated rings. The van der Waals surface area contributed by atoms with Crippen molar-refractivity contribution in [3.05, 3.63) is 10.5 Å². The number of ether oxygens (including phenoxy) is 1. The van der Waals surface area contributed by atoms with Crippen molar-refractivity contribution >= 4 is 0 Å². The van der Waals surface area contributed by atoms with E-state index in [1.807, 2.05) is 34.7 Å². The fraction of sp³-hybridized carbons (Fsp3) is 0.818. The summed E-state index contributed by atoms with van der Waals surface area (Å²) >= 11 is 0. The van der Waals surface area contributed by atoms with Crippen LogP contribution in [0.3, 0.4) is 0 Å². The van der Waals surface area contributed by atoms with Gasteiger partial charge in [0.05, 0.1) is 0 Å². The first-order valence-electron chi connectivity index (χ1n) is 6.01. The van der Waals surface area contributed by atoms with Crippen LogP contribution in [-0.2, 0) is 7.05 Å². The molecule has 6 nitrogen and oxygen atoms in total. The van der Waals surface area contributed by atoms with Crippen molar-refractivity contribution in [3.63, 3.8) is 0 Å². The fourth-order valence-corrected chi connectivity index (χ4v) is 1.24. The first kappa shape index (κ1) is 15.7. The number of hydrogen-bond acceptors (Lipinski definition) is 4. The Bertz CT molecular complexity index is 368. The smallest absolute Gasteiger partial charge is 0.348 e. The maximum absolute atomic E-state index is 11.6. The average molecular weight is 244 g/mol. The van der Waals surface area contributed by atoms with E-state index in [1.165, 1.54) is 9.25 Å². The molecule has 0 spiro atoms. The Kier molecular flexibility index (Phi) is 7.29. The molecule has 0 aromatic carbocycles. The topological polar surface area (TPSA) is 61.1 Å². The Hall–Kier alpha value is -1.30. The fourth-order valence-electron chi connectivity index (χ4n) is 1.24. The number of nitrogens with one attached hydrogen (secondary N) is 1. The van der Waals surface area contributed by atoms with E-state index in [0.29, 0.717) is 12.6 Å². The van der Waals surface area contributed by atoms with Crippen molar-refractivity contribution < 1.29 is 4.74 Å². The van der Waals surface area contributed by atoms with Gasteiger partial charge in [-0.1, -0.05) is 13.8 Å². The molecule has 1 heterocycles. The average Bonchev–Trinajstić information content (AvgIpc) is 2.58. The Balaban J connectivity index is 0.00000121. The molecule has 0 aliphatic heterocycles. The lowest BCUT2D eigenvalue weighted by Crippen LogP contribution is -2.25. The second kappa shape index (κ2) is 7.89. The SMILES string of the molecule is CC.CNCCOc1nn(C)c(=O)n1C(C)C. The first-order chi connectivity index (χ1) is 8.07. The molecule has 17 heavy (non-hydrogen) atoms. The highest BCUT2D eigenvalue weighted by molar-refractivity contribution is 4.95. The van der Waals surface area contributed by atoms with Crippen LogP contribution in [0, 0.1) is 0 Å². The summed E-state index contributed by atoms with van der Waals surface area (Å²) < 4.78 is 8.23. The van der Waals surface area contributed by atoms with E-state index in [2.05, 4.69) is 10.4 Å². The van der Waals surface area contributed by atoms with Crippen molar-refractivity contribution in [2.75, 3.05) is 20.2 Å². The van der Waals surface area contributed by atoms with Crippen molar-refractivity contribution in [3.8, 4) is 6.01 Å². The number of aryl methyl sites for hydroxylation is 1. The zero-order valence-corrected chi connectivity index (χ0v) is 11.6. The standard InChI is InChI=1S/C9H18N4O2.C2H6/c1-7(2)13-8(15-6-5-10-3)11-12(4)9(13)14;1-2/h7,10H,5-6H2,1-4H3;1-2H3. The third-order valence-corrected chi connectivity index (χ3v) is 2.02. The molecule has 1 aromatic rings. The molecule has 0 aliphatic carbocycles. The number of aromatic nitrogens is 3. The van der Waals surface area contributed by atoms with Crippen LogP contribution in [0.5, 0.6) is 6.01 Å². The molecule has 6 heteroatoms. The molecule has 1 N–H and O–H groups in total. The molecular weight excluding hydrogens is 220 g/mol. The largest absolute Gasteiger partial charge is 0.462 e. The molecule has 1 rings (SSSR count). The predicted octanol–water partition coefficient (Wildman–Crippen LogP) is 0.787. The molecular formula is C11H24N4O2. The Morgan fingerprint density at radius 3 is 2.47 bits per heavy atom. The van der Waals surface area contributed by atoms with E-state index < -0.39 is 0 Å². The second-order valence-corrected chi connectivity index (χ2v) is 3.60. The minimum Gasteiger partial charge on any atom is -0.462 e. The molecule has 0 saturated heterocycles. The zero-order chi connectivity index (χ0) is 13.4. The van der Waals surface area contributed by atoms with Gasteiger partial charge in [0.25, 0.3) is 0 Å². The van der Waals surface area contributed by atoms with Crippen molar-refractivity contribution in [1.82, 2.24) is 19.7 Å². The van der Waals surface area contributed by atoms with Gasteiger partial charge in [-0.3, -0.25) is 0 Å². The van der Waals surface area contributed by atoms with Crippen LogP contribution in [0.15, 0.2) is 4.79 Å². The maximum atomic E-state index is 11.6. The van der Waals surface area contributed by atoms with Gasteiger partial charge in [0, 0.05) is 19.6 Å². The van der Waals surface area contributed by atoms with Gasteiger partial charge < -0.3 is 10.1 Å². The van der Waals surface area contributed by atoms with Gasteiger partial charge in [-0.05, 0) is 20.9 Å². The predicted molar refractivity (Wildman–Crippen MR) is 68.6 cm³/mol. The van der Waals surface area contributed by atoms with Crippen LogP contribution < -0.4 is 15.7 Å². The zero-order valence-electron chi connectivity index (χ0n) is 11.6. The molecule has 0 radical (unpaired) electrons. The van der Waals surface area contributed by atoms with Crippen LogP contribution in [0.2, 0.25) is 0 Å². The van der Waals surface area contributed by atoms with Gasteiger partial charge in [-0.2, -0.15) is 0 Å². The normalized spacial score (nSPS) is 10.1. The van der Waals surface area contributed by atoms with Gasteiger partial charge >= 0.3 is 11.7 Å². The highest BCUT2D eigenvalue weighted by Gasteiger charge is 2.14. The molecule has 0 amide bonds. The summed E-state index contributed by atoms with van der Waals surface area (Å²) in [6, 6.07) is 0.434. The summed E-state index contributed by atoms with van der Waals surface area (Å²) in [6.07, 6.45) is 0. The molecule has 100 valence electrons. The third kappa shape index (κ3) is 4.22. The molecule has 0 atom stereocenters. The monoisotopic (exact) mass is 244 g/mol. The van der Waals surface area contributed by atoms with Crippen LogP contribution in [0.4, 0.5) is 0 Å². The van der Waals surface area contributed by atoms with E-state index in [-0.39, 0.29) is 11.7 Å². The lowest BCUT2D eigenvalue weighted by molar-refractivity contribution is 0.271. The Morgan fingerprint density at radius 1 is 1.41 bits per heavy atom. The van der Waals surface area contributed by atoms with Crippen LogP contribution in [0.1, 0.15) is 33.7 Å². The Morgan fingerprint density at radius 2 is 2.00 bits per heavy atom. The van der Waals surface area contributed by atoms with Gasteiger partial charge in [0.15, 0.2) is 0 Å². The molecule has 0 unspecified atom stereocenters. The second-order valence-electron chi connectivity index (χ2n) is 3.60. The number of rotatable bonds is 5.